The molecule has 29 heavy (non-hydrogen) atoms. The number of carbonyl (C=O) groups excluding carboxylic acids is 1. The number of piperazine rings is 1. The maximum atomic E-state index is 13.0. The molecule has 0 radical (unpaired) electrons. The van der Waals surface area contributed by atoms with Crippen LogP contribution in [0.2, 0.25) is 0 Å². The van der Waals surface area contributed by atoms with Crippen LogP contribution < -0.4 is 9.47 Å². The van der Waals surface area contributed by atoms with Crippen LogP contribution >= 0.6 is 0 Å². The molecule has 9 heteroatoms. The third kappa shape index (κ3) is 5.83. The Balaban J connectivity index is 2.01. The summed E-state index contributed by atoms with van der Waals surface area (Å²) in [5, 5.41) is 0. The van der Waals surface area contributed by atoms with Gasteiger partial charge in [-0.1, -0.05) is 13.8 Å². The molecule has 1 fully saturated rings. The first kappa shape index (κ1) is 23.4. The Morgan fingerprint density at radius 2 is 1.59 bits per heavy atom. The molecule has 1 saturated heterocycles. The summed E-state index contributed by atoms with van der Waals surface area (Å²) in [7, 11) is -0.684. The first-order valence-corrected chi connectivity index (χ1v) is 11.5. The zero-order chi connectivity index (χ0) is 21.4. The van der Waals surface area contributed by atoms with Crippen LogP contribution in [0.25, 0.3) is 0 Å². The lowest BCUT2D eigenvalue weighted by Crippen LogP contribution is -2.52. The number of hydrogen-bond donors (Lipinski definition) is 0. The molecule has 1 aromatic rings. The largest absolute Gasteiger partial charge is 0.493 e. The van der Waals surface area contributed by atoms with Crippen molar-refractivity contribution in [1.29, 1.82) is 0 Å². The fourth-order valence-electron chi connectivity index (χ4n) is 3.50. The van der Waals surface area contributed by atoms with E-state index >= 15 is 0 Å². The van der Waals surface area contributed by atoms with Gasteiger partial charge in [0, 0.05) is 32.2 Å². The zero-order valence-electron chi connectivity index (χ0n) is 17.9. The quantitative estimate of drug-likeness (QED) is 0.565. The van der Waals surface area contributed by atoms with Crippen LogP contribution in [-0.2, 0) is 14.8 Å². The van der Waals surface area contributed by atoms with Crippen LogP contribution in [0.3, 0.4) is 0 Å². The van der Waals surface area contributed by atoms with Gasteiger partial charge in [0.1, 0.15) is 0 Å². The molecule has 1 aromatic carbocycles. The lowest BCUT2D eigenvalue weighted by molar-refractivity contribution is -0.133. The smallest absolute Gasteiger partial charge is 0.243 e. The minimum absolute atomic E-state index is 0.0649. The van der Waals surface area contributed by atoms with Gasteiger partial charge in [0.2, 0.25) is 15.9 Å². The van der Waals surface area contributed by atoms with E-state index in [1.54, 1.807) is 11.0 Å². The van der Waals surface area contributed by atoms with Gasteiger partial charge in [-0.2, -0.15) is 4.31 Å². The fourth-order valence-corrected chi connectivity index (χ4v) is 4.94. The SMILES string of the molecule is CCCN(CCC)CC(=O)N1CCN(S(=O)(=O)c2ccc(OC)c(OC)c2)CC1. The van der Waals surface area contributed by atoms with Crippen molar-refractivity contribution in [2.75, 3.05) is 60.0 Å². The van der Waals surface area contributed by atoms with Gasteiger partial charge in [-0.3, -0.25) is 9.69 Å². The fraction of sp³-hybridized carbons (Fsp3) is 0.650. The third-order valence-corrected chi connectivity index (χ3v) is 6.92. The van der Waals surface area contributed by atoms with E-state index in [1.165, 1.54) is 30.7 Å². The number of amides is 1. The lowest BCUT2D eigenvalue weighted by Gasteiger charge is -2.35. The molecular formula is C20H33N3O5S. The van der Waals surface area contributed by atoms with Crippen molar-refractivity contribution in [1.82, 2.24) is 14.1 Å². The highest BCUT2D eigenvalue weighted by Crippen LogP contribution is 2.30. The van der Waals surface area contributed by atoms with Gasteiger partial charge in [-0.25, -0.2) is 8.42 Å². The van der Waals surface area contributed by atoms with E-state index in [9.17, 15) is 13.2 Å². The van der Waals surface area contributed by atoms with Crippen LogP contribution in [-0.4, -0.2) is 88.5 Å². The highest BCUT2D eigenvalue weighted by molar-refractivity contribution is 7.89. The van der Waals surface area contributed by atoms with Gasteiger partial charge < -0.3 is 14.4 Å². The first-order valence-electron chi connectivity index (χ1n) is 10.1. The summed E-state index contributed by atoms with van der Waals surface area (Å²) in [5.74, 6) is 0.912. The minimum atomic E-state index is -3.66. The zero-order valence-corrected chi connectivity index (χ0v) is 18.7. The highest BCUT2D eigenvalue weighted by atomic mass is 32.2. The molecule has 0 spiro atoms. The molecule has 0 aromatic heterocycles. The van der Waals surface area contributed by atoms with Crippen molar-refractivity contribution in [3.05, 3.63) is 18.2 Å². The van der Waals surface area contributed by atoms with Crippen molar-refractivity contribution in [2.45, 2.75) is 31.6 Å². The molecule has 1 aliphatic rings. The van der Waals surface area contributed by atoms with E-state index in [0.717, 1.165) is 25.9 Å². The van der Waals surface area contributed by atoms with E-state index in [1.807, 2.05) is 0 Å². The molecule has 0 atom stereocenters. The van der Waals surface area contributed by atoms with Crippen LogP contribution in [0.1, 0.15) is 26.7 Å². The van der Waals surface area contributed by atoms with Crippen molar-refractivity contribution >= 4 is 15.9 Å². The number of ether oxygens (including phenoxy) is 2. The summed E-state index contributed by atoms with van der Waals surface area (Å²) < 4.78 is 37.8. The van der Waals surface area contributed by atoms with Crippen LogP contribution in [0.4, 0.5) is 0 Å². The molecule has 0 unspecified atom stereocenters. The number of methoxy groups -OCH3 is 2. The van der Waals surface area contributed by atoms with Gasteiger partial charge in [0.25, 0.3) is 0 Å². The number of benzene rings is 1. The number of rotatable bonds is 10. The molecule has 1 heterocycles. The van der Waals surface area contributed by atoms with E-state index in [-0.39, 0.29) is 23.9 Å². The standard InChI is InChI=1S/C20H33N3O5S/c1-5-9-21(10-6-2)16-20(24)22-11-13-23(14-12-22)29(25,26)17-7-8-18(27-3)19(15-17)28-4/h7-8,15H,5-6,9-14,16H2,1-4H3. The van der Waals surface area contributed by atoms with Gasteiger partial charge >= 0.3 is 0 Å². The molecule has 0 N–H and O–H groups in total. The number of hydrogen-bond acceptors (Lipinski definition) is 6. The topological polar surface area (TPSA) is 79.4 Å². The summed E-state index contributed by atoms with van der Waals surface area (Å²) in [6.45, 7) is 7.75. The van der Waals surface area contributed by atoms with Gasteiger partial charge in [-0.15, -0.1) is 0 Å². The maximum absolute atomic E-state index is 13.0. The molecule has 1 amide bonds. The third-order valence-electron chi connectivity index (χ3n) is 5.02. The predicted molar refractivity (Wildman–Crippen MR) is 112 cm³/mol. The normalized spacial score (nSPS) is 15.6. The van der Waals surface area contributed by atoms with Crippen molar-refractivity contribution < 1.29 is 22.7 Å². The summed E-state index contributed by atoms with van der Waals surface area (Å²) in [4.78, 5) is 16.7. The first-order chi connectivity index (χ1) is 13.9. The van der Waals surface area contributed by atoms with Crippen LogP contribution in [0.5, 0.6) is 11.5 Å². The molecule has 0 bridgehead atoms. The Morgan fingerprint density at radius 3 is 2.10 bits per heavy atom. The van der Waals surface area contributed by atoms with Crippen molar-refractivity contribution in [3.8, 4) is 11.5 Å². The van der Waals surface area contributed by atoms with Crippen molar-refractivity contribution in [2.24, 2.45) is 0 Å². The number of sulfonamides is 1. The predicted octanol–water partition coefficient (Wildman–Crippen LogP) is 1.66. The molecule has 0 aliphatic carbocycles. The summed E-state index contributed by atoms with van der Waals surface area (Å²) in [5.41, 5.74) is 0. The average Bonchev–Trinajstić information content (AvgIpc) is 2.73. The van der Waals surface area contributed by atoms with E-state index < -0.39 is 10.0 Å². The highest BCUT2D eigenvalue weighted by Gasteiger charge is 2.31. The molecule has 164 valence electrons. The second-order valence-electron chi connectivity index (χ2n) is 7.08. The van der Waals surface area contributed by atoms with Gasteiger partial charge in [0.05, 0.1) is 25.7 Å². The number of nitrogens with zero attached hydrogens (tertiary/aromatic N) is 3. The molecule has 8 nitrogen and oxygen atoms in total. The Morgan fingerprint density at radius 1 is 1.00 bits per heavy atom. The van der Waals surface area contributed by atoms with Crippen LogP contribution in [0, 0.1) is 0 Å². The number of carbonyl (C=O) groups is 1. The second kappa shape index (κ2) is 10.8. The van der Waals surface area contributed by atoms with E-state index in [4.69, 9.17) is 9.47 Å². The monoisotopic (exact) mass is 427 g/mol. The Bertz CT molecular complexity index is 770. The van der Waals surface area contributed by atoms with Crippen LogP contribution in [0.15, 0.2) is 23.1 Å². The van der Waals surface area contributed by atoms with Gasteiger partial charge in [-0.05, 0) is 38.1 Å². The lowest BCUT2D eigenvalue weighted by atomic mass is 10.3. The molecular weight excluding hydrogens is 394 g/mol. The van der Waals surface area contributed by atoms with Gasteiger partial charge in [0.15, 0.2) is 11.5 Å². The second-order valence-corrected chi connectivity index (χ2v) is 9.02. The molecule has 0 saturated carbocycles. The Kier molecular flexibility index (Phi) is 8.73. The minimum Gasteiger partial charge on any atom is -0.493 e. The Labute approximate surface area is 174 Å². The van der Waals surface area contributed by atoms with E-state index in [2.05, 4.69) is 18.7 Å². The summed E-state index contributed by atoms with van der Waals surface area (Å²) in [6.07, 6.45) is 2.01. The molecule has 2 rings (SSSR count). The van der Waals surface area contributed by atoms with Crippen molar-refractivity contribution in [3.63, 3.8) is 0 Å². The maximum Gasteiger partial charge on any atom is 0.243 e. The van der Waals surface area contributed by atoms with E-state index in [0.29, 0.717) is 31.1 Å². The average molecular weight is 428 g/mol. The summed E-state index contributed by atoms with van der Waals surface area (Å²) >= 11 is 0. The Hall–Kier alpha value is -1.84. The summed E-state index contributed by atoms with van der Waals surface area (Å²) in [6, 6.07) is 4.57. The molecule has 1 aliphatic heterocycles.